The molecule has 0 N–H and O–H groups in total. The summed E-state index contributed by atoms with van der Waals surface area (Å²) in [7, 11) is 6.00. The van der Waals surface area contributed by atoms with Gasteiger partial charge in [0, 0.05) is 6.38 Å². The van der Waals surface area contributed by atoms with Gasteiger partial charge in [-0.2, -0.15) is 0 Å². The van der Waals surface area contributed by atoms with Crippen LogP contribution in [0.3, 0.4) is 0 Å². The van der Waals surface area contributed by atoms with E-state index in [1.165, 1.54) is 0 Å². The molecule has 0 rings (SSSR count). The van der Waals surface area contributed by atoms with Crippen LogP contribution >= 0.6 is 11.6 Å². The van der Waals surface area contributed by atoms with Gasteiger partial charge in [-0.1, -0.05) is 0 Å². The number of halogens is 1. The lowest BCUT2D eigenvalue weighted by molar-refractivity contribution is 0.505. The van der Waals surface area contributed by atoms with Crippen molar-refractivity contribution in [3.8, 4) is 0 Å². The van der Waals surface area contributed by atoms with Crippen molar-refractivity contribution in [1.82, 2.24) is 4.90 Å². The number of rotatable bonds is 0. The van der Waals surface area contributed by atoms with Gasteiger partial charge in [-0.25, -0.2) is 0 Å². The van der Waals surface area contributed by atoms with E-state index in [1.54, 1.807) is 0 Å². The highest BCUT2D eigenvalue weighted by Gasteiger charge is 1.58. The van der Waals surface area contributed by atoms with Crippen molar-refractivity contribution in [1.29, 1.82) is 0 Å². The Kier molecular flexibility index (Phi) is 14.3. The van der Waals surface area contributed by atoms with Crippen LogP contribution in [0, 0.1) is 6.38 Å². The van der Waals surface area contributed by atoms with E-state index >= 15 is 0 Å². The van der Waals surface area contributed by atoms with Crippen molar-refractivity contribution in [2.75, 3.05) is 21.1 Å². The fourth-order valence-electron chi connectivity index (χ4n) is 0. The van der Waals surface area contributed by atoms with E-state index in [0.29, 0.717) is 0 Å². The first-order valence-electron chi connectivity index (χ1n) is 1.61. The molecule has 2 heteroatoms. The maximum Gasteiger partial charge on any atom is 0.0359 e. The molecule has 6 heavy (non-hydrogen) atoms. The van der Waals surface area contributed by atoms with E-state index in [9.17, 15) is 0 Å². The van der Waals surface area contributed by atoms with Crippen LogP contribution in [0.5, 0.6) is 0 Å². The van der Waals surface area contributed by atoms with Crippen LogP contribution in [0.4, 0.5) is 0 Å². The topological polar surface area (TPSA) is 3.24 Å². The molecule has 0 amide bonds. The molecular weight excluding hydrogens is 97.5 g/mol. The van der Waals surface area contributed by atoms with Crippen LogP contribution in [-0.2, 0) is 0 Å². The van der Waals surface area contributed by atoms with Gasteiger partial charge in [0.05, 0.1) is 0 Å². The average molecular weight is 109 g/mol. The van der Waals surface area contributed by atoms with Crippen molar-refractivity contribution >= 4 is 11.6 Å². The van der Waals surface area contributed by atoms with Crippen molar-refractivity contribution in [2.24, 2.45) is 0 Å². The minimum absolute atomic E-state index is 2.00. The molecule has 0 spiro atoms. The molecule has 0 aliphatic carbocycles. The summed E-state index contributed by atoms with van der Waals surface area (Å²) < 4.78 is 0. The molecule has 0 aromatic rings. The normalized spacial score (nSPS) is 7.00. The zero-order valence-electron chi connectivity index (χ0n) is 4.53. The molecule has 0 atom stereocenters. The molecular formula is C4H11ClN. The van der Waals surface area contributed by atoms with E-state index in [1.807, 2.05) is 26.0 Å². The first kappa shape index (κ1) is 9.54. The predicted molar refractivity (Wildman–Crippen MR) is 30.8 cm³/mol. The van der Waals surface area contributed by atoms with Gasteiger partial charge < -0.3 is 4.90 Å². The summed E-state index contributed by atoms with van der Waals surface area (Å²) in [5, 5.41) is 0. The van der Waals surface area contributed by atoms with Gasteiger partial charge >= 0.3 is 0 Å². The van der Waals surface area contributed by atoms with E-state index in [-0.39, 0.29) is 0 Å². The fraction of sp³-hybridized carbons (Fsp3) is 0.750. The Morgan fingerprint density at radius 3 is 1.17 bits per heavy atom. The van der Waals surface area contributed by atoms with E-state index in [2.05, 4.69) is 18.0 Å². The van der Waals surface area contributed by atoms with E-state index in [4.69, 9.17) is 0 Å². The molecule has 0 saturated carbocycles. The van der Waals surface area contributed by atoms with Gasteiger partial charge in [-0.15, -0.1) is 11.6 Å². The smallest absolute Gasteiger partial charge is 0.0359 e. The van der Waals surface area contributed by atoms with Crippen LogP contribution in [0.25, 0.3) is 0 Å². The zero-order chi connectivity index (χ0) is 5.58. The predicted octanol–water partition coefficient (Wildman–Crippen LogP) is 1.19. The zero-order valence-corrected chi connectivity index (χ0v) is 5.29. The highest BCUT2D eigenvalue weighted by atomic mass is 35.5. The second-order valence-electron chi connectivity index (χ2n) is 1.34. The third-order valence-corrected chi connectivity index (χ3v) is 0. The van der Waals surface area contributed by atoms with Crippen LogP contribution in [0.15, 0.2) is 0 Å². The monoisotopic (exact) mass is 108 g/mol. The molecule has 0 bridgehead atoms. The van der Waals surface area contributed by atoms with Crippen LogP contribution in [0.2, 0.25) is 0 Å². The van der Waals surface area contributed by atoms with E-state index in [0.717, 1.165) is 0 Å². The third-order valence-electron chi connectivity index (χ3n) is 0. The summed E-state index contributed by atoms with van der Waals surface area (Å²) in [6.07, 6.45) is 2.72. The second kappa shape index (κ2) is 8.98. The van der Waals surface area contributed by atoms with Crippen LogP contribution in [0.1, 0.15) is 0 Å². The summed E-state index contributed by atoms with van der Waals surface area (Å²) >= 11 is 4.39. The summed E-state index contributed by atoms with van der Waals surface area (Å²) in [6.45, 7) is 0. The van der Waals surface area contributed by atoms with Crippen molar-refractivity contribution in [3.63, 3.8) is 0 Å². The fourth-order valence-corrected chi connectivity index (χ4v) is 0. The quantitative estimate of drug-likeness (QED) is 0.451. The van der Waals surface area contributed by atoms with Gasteiger partial charge in [0.15, 0.2) is 0 Å². The largest absolute Gasteiger partial charge is 0.312 e. The third kappa shape index (κ3) is 718. The van der Waals surface area contributed by atoms with Gasteiger partial charge in [0.1, 0.15) is 0 Å². The first-order chi connectivity index (χ1) is 2.73. The molecule has 0 aliphatic rings. The second-order valence-corrected chi connectivity index (χ2v) is 1.34. The molecule has 0 fully saturated rings. The highest BCUT2D eigenvalue weighted by molar-refractivity contribution is 6.19. The standard InChI is InChI=1S/C3H9N.CH2Cl/c1-4(2)3;1-2/h1-3H3;1H2. The summed E-state index contributed by atoms with van der Waals surface area (Å²) in [4.78, 5) is 2.00. The maximum atomic E-state index is 4.39. The van der Waals surface area contributed by atoms with Gasteiger partial charge in [0.2, 0.25) is 0 Å². The lowest BCUT2D eigenvalue weighted by atomic mass is 11.0. The minimum atomic E-state index is 2.00. The molecule has 0 heterocycles. The molecule has 0 saturated heterocycles. The van der Waals surface area contributed by atoms with Gasteiger partial charge in [0.25, 0.3) is 0 Å². The maximum absolute atomic E-state index is 4.39. The first-order valence-corrected chi connectivity index (χ1v) is 2.14. The number of hydrogen-bond donors (Lipinski definition) is 0. The van der Waals surface area contributed by atoms with Crippen molar-refractivity contribution in [3.05, 3.63) is 6.38 Å². The Labute approximate surface area is 44.9 Å². The lowest BCUT2D eigenvalue weighted by Gasteiger charge is -1.90. The minimum Gasteiger partial charge on any atom is -0.312 e. The van der Waals surface area contributed by atoms with Gasteiger partial charge in [-0.05, 0) is 21.1 Å². The molecule has 0 unspecified atom stereocenters. The Morgan fingerprint density at radius 1 is 1.17 bits per heavy atom. The van der Waals surface area contributed by atoms with E-state index < -0.39 is 0 Å². The Balaban J connectivity index is 0. The molecule has 1 radical (unpaired) electrons. The van der Waals surface area contributed by atoms with Gasteiger partial charge in [-0.3, -0.25) is 0 Å². The van der Waals surface area contributed by atoms with Crippen molar-refractivity contribution < 1.29 is 0 Å². The molecule has 1 nitrogen and oxygen atoms in total. The summed E-state index contributed by atoms with van der Waals surface area (Å²) in [6, 6.07) is 0. The Bertz CT molecular complexity index is 12.3. The lowest BCUT2D eigenvalue weighted by Crippen LogP contribution is -1.99. The average Bonchev–Trinajstić information content (AvgIpc) is 1.41. The molecule has 39 valence electrons. The van der Waals surface area contributed by atoms with Crippen LogP contribution < -0.4 is 0 Å². The Hall–Kier alpha value is 0.250. The summed E-state index contributed by atoms with van der Waals surface area (Å²) in [5.41, 5.74) is 0. The summed E-state index contributed by atoms with van der Waals surface area (Å²) in [5.74, 6) is 0. The Morgan fingerprint density at radius 2 is 1.17 bits per heavy atom. The van der Waals surface area contributed by atoms with Crippen molar-refractivity contribution in [2.45, 2.75) is 0 Å². The molecule has 0 aliphatic heterocycles. The molecule has 0 aromatic carbocycles. The molecule has 0 aromatic heterocycles. The highest BCUT2D eigenvalue weighted by Crippen LogP contribution is 1.47. The number of nitrogens with zero attached hydrogens (tertiary/aromatic N) is 1. The number of hydrogen-bond acceptors (Lipinski definition) is 1. The SMILES string of the molecule is CN(C)C.[CH2]Cl. The van der Waals surface area contributed by atoms with Crippen LogP contribution in [-0.4, -0.2) is 26.0 Å².